The van der Waals surface area contributed by atoms with E-state index in [0.717, 1.165) is 12.8 Å². The summed E-state index contributed by atoms with van der Waals surface area (Å²) in [6, 6.07) is 12.0. The highest BCUT2D eigenvalue weighted by molar-refractivity contribution is 7.59. The fourth-order valence-electron chi connectivity index (χ4n) is 4.03. The molecule has 2 aromatic rings. The van der Waals surface area contributed by atoms with Gasteiger partial charge in [-0.1, -0.05) is 30.0 Å². The number of ether oxygens (including phenoxy) is 1. The summed E-state index contributed by atoms with van der Waals surface area (Å²) in [7, 11) is 1.55. The molecule has 0 saturated heterocycles. The molecule has 3 N–H and O–H groups in total. The van der Waals surface area contributed by atoms with E-state index in [1.165, 1.54) is 11.0 Å². The highest BCUT2D eigenvalue weighted by Crippen LogP contribution is 2.48. The van der Waals surface area contributed by atoms with Gasteiger partial charge in [-0.05, 0) is 66.1 Å². The molecule has 0 unspecified atom stereocenters. The Kier molecular flexibility index (Phi) is 7.85. The Morgan fingerprint density at radius 3 is 2.62 bits per heavy atom. The number of aliphatic imine (C=N–C) groups is 1. The highest BCUT2D eigenvalue weighted by Gasteiger charge is 2.50. The molecule has 180 valence electrons. The Bertz CT molecular complexity index is 1160. The first-order valence-corrected chi connectivity index (χ1v) is 10.8. The molecule has 2 aromatic carbocycles. The maximum absolute atomic E-state index is 13.5. The van der Waals surface area contributed by atoms with Gasteiger partial charge in [0.2, 0.25) is 0 Å². The van der Waals surface area contributed by atoms with Crippen LogP contribution in [-0.2, 0) is 10.3 Å². The smallest absolute Gasteiger partial charge is 0.387 e. The number of likely N-dealkylation sites (N-methyl/N-ethyl adjacent to an activating group) is 1. The Hall–Kier alpha value is -3.09. The minimum atomic E-state index is -2.93. The summed E-state index contributed by atoms with van der Waals surface area (Å²) in [5.74, 6) is 6.01. The number of amides is 1. The summed E-state index contributed by atoms with van der Waals surface area (Å²) in [5.41, 5.74) is 7.06. The van der Waals surface area contributed by atoms with E-state index in [-0.39, 0.29) is 43.6 Å². The van der Waals surface area contributed by atoms with Crippen molar-refractivity contribution in [3.05, 3.63) is 64.7 Å². The van der Waals surface area contributed by atoms with Gasteiger partial charge in [-0.2, -0.15) is 22.3 Å². The zero-order valence-corrected chi connectivity index (χ0v) is 19.7. The number of aliphatic hydroxyl groups excluding tert-OH is 1. The summed E-state index contributed by atoms with van der Waals surface area (Å²) in [6.45, 7) is -2.86. The lowest BCUT2D eigenvalue weighted by molar-refractivity contribution is -0.129. The van der Waals surface area contributed by atoms with Gasteiger partial charge in [0.05, 0.1) is 0 Å². The summed E-state index contributed by atoms with van der Waals surface area (Å²) >= 11 is 0. The third-order valence-electron chi connectivity index (χ3n) is 5.87. The Balaban J connectivity index is 0.00000324. The van der Waals surface area contributed by atoms with E-state index in [2.05, 4.69) is 16.8 Å². The van der Waals surface area contributed by atoms with Crippen molar-refractivity contribution < 1.29 is 23.4 Å². The van der Waals surface area contributed by atoms with Crippen molar-refractivity contribution in [2.75, 3.05) is 13.7 Å². The Morgan fingerprint density at radius 2 is 2.00 bits per heavy atom. The number of nitrogens with two attached hydrogens (primary N) is 1. The number of unbranched alkanes of at least 4 members (excludes halogenated alkanes) is 1. The van der Waals surface area contributed by atoms with Gasteiger partial charge in [0.1, 0.15) is 5.75 Å². The monoisotopic (exact) mass is 487 g/mol. The van der Waals surface area contributed by atoms with Gasteiger partial charge in [0.15, 0.2) is 11.5 Å². The van der Waals surface area contributed by atoms with E-state index in [9.17, 15) is 13.6 Å². The van der Waals surface area contributed by atoms with Gasteiger partial charge in [-0.25, -0.2) is 4.99 Å². The molecule has 0 radical (unpaired) electrons. The fourth-order valence-corrected chi connectivity index (χ4v) is 4.03. The van der Waals surface area contributed by atoms with Crippen LogP contribution in [0.4, 0.5) is 8.78 Å². The molecule has 1 heterocycles. The van der Waals surface area contributed by atoms with Crippen molar-refractivity contribution in [1.29, 1.82) is 0 Å². The number of aliphatic hydroxyl groups is 1. The number of nitrogens with zero attached hydrogens (tertiary/aromatic N) is 2. The summed E-state index contributed by atoms with van der Waals surface area (Å²) < 4.78 is 30.6. The molecule has 6 nitrogen and oxygen atoms in total. The van der Waals surface area contributed by atoms with Gasteiger partial charge in [-0.3, -0.25) is 9.69 Å². The third kappa shape index (κ3) is 4.88. The van der Waals surface area contributed by atoms with Crippen LogP contribution in [-0.4, -0.2) is 42.1 Å². The van der Waals surface area contributed by atoms with Crippen LogP contribution in [0.1, 0.15) is 53.9 Å². The average Bonchev–Trinajstić information content (AvgIpc) is 3.61. The average molecular weight is 488 g/mol. The van der Waals surface area contributed by atoms with Gasteiger partial charge >= 0.3 is 6.61 Å². The second kappa shape index (κ2) is 10.5. The predicted molar refractivity (Wildman–Crippen MR) is 130 cm³/mol. The topological polar surface area (TPSA) is 88.2 Å². The molecule has 0 spiro atoms. The lowest BCUT2D eigenvalue weighted by Crippen LogP contribution is -2.41. The molecular weight excluding hydrogens is 460 g/mol. The number of benzene rings is 2. The molecule has 1 amide bonds. The number of carbonyl (C=O) groups is 1. The van der Waals surface area contributed by atoms with Gasteiger partial charge in [0, 0.05) is 25.6 Å². The minimum absolute atomic E-state index is 0. The molecule has 1 aliphatic heterocycles. The van der Waals surface area contributed by atoms with Crippen molar-refractivity contribution in [3.8, 4) is 17.6 Å². The Labute approximate surface area is 204 Å². The van der Waals surface area contributed by atoms with Gasteiger partial charge in [0.25, 0.3) is 5.91 Å². The molecule has 4 rings (SSSR count). The minimum Gasteiger partial charge on any atom is -0.435 e. The number of alkyl halides is 2. The summed E-state index contributed by atoms with van der Waals surface area (Å²) in [6.07, 6.45) is 2.87. The first-order valence-electron chi connectivity index (χ1n) is 10.8. The molecule has 34 heavy (non-hydrogen) atoms. The van der Waals surface area contributed by atoms with Crippen molar-refractivity contribution in [2.24, 2.45) is 10.7 Å². The predicted octanol–water partition coefficient (Wildman–Crippen LogP) is 3.43. The SMILES string of the molecule is CN1C(=O)[C@](c2cccc(C#CCCCO)c2)(c2ccc(OC(F)F)c(C3CC3)c2)N=C1N.S. The second-order valence-corrected chi connectivity index (χ2v) is 8.16. The zero-order valence-electron chi connectivity index (χ0n) is 18.7. The number of halogens is 2. The van der Waals surface area contributed by atoms with Crippen LogP contribution in [0.15, 0.2) is 47.5 Å². The second-order valence-electron chi connectivity index (χ2n) is 8.16. The maximum Gasteiger partial charge on any atom is 0.387 e. The van der Waals surface area contributed by atoms with E-state index < -0.39 is 12.2 Å². The van der Waals surface area contributed by atoms with Crippen LogP contribution < -0.4 is 10.5 Å². The van der Waals surface area contributed by atoms with Crippen LogP contribution >= 0.6 is 13.5 Å². The van der Waals surface area contributed by atoms with Crippen molar-refractivity contribution in [1.82, 2.24) is 4.90 Å². The standard InChI is InChI=1S/C25H25F2N3O3.H2S/c1-30-22(32)25(29-24(30)28,18-8-5-7-16(14-18)6-3-2-4-13-31)19-11-12-21(33-23(26)27)20(15-19)17-9-10-17;/h5,7-8,11-12,14-15,17,23,31H,2,4,9-10,13H2,1H3,(H2,28,29);1H2/t25-;/m0./s1. The van der Waals surface area contributed by atoms with Crippen molar-refractivity contribution in [3.63, 3.8) is 0 Å². The first-order chi connectivity index (χ1) is 15.9. The van der Waals surface area contributed by atoms with Crippen LogP contribution in [0, 0.1) is 11.8 Å². The number of hydrogen-bond donors (Lipinski definition) is 2. The lowest BCUT2D eigenvalue weighted by atomic mass is 9.81. The first kappa shape index (κ1) is 25.5. The van der Waals surface area contributed by atoms with E-state index >= 15 is 0 Å². The molecular formula is C25H27F2N3O3S. The number of hydrogen-bond acceptors (Lipinski definition) is 5. The largest absolute Gasteiger partial charge is 0.435 e. The third-order valence-corrected chi connectivity index (χ3v) is 5.87. The van der Waals surface area contributed by atoms with Crippen LogP contribution in [0.5, 0.6) is 5.75 Å². The summed E-state index contributed by atoms with van der Waals surface area (Å²) in [5, 5.41) is 8.94. The molecule has 1 fully saturated rings. The van der Waals surface area contributed by atoms with Crippen LogP contribution in [0.2, 0.25) is 0 Å². The van der Waals surface area contributed by atoms with Gasteiger partial charge in [-0.15, -0.1) is 0 Å². The normalized spacial score (nSPS) is 19.4. The number of rotatable bonds is 7. The molecule has 1 saturated carbocycles. The molecule has 0 bridgehead atoms. The number of carbonyl (C=O) groups excluding carboxylic acids is 1. The maximum atomic E-state index is 13.5. The van der Waals surface area contributed by atoms with E-state index in [1.807, 2.05) is 6.07 Å². The molecule has 1 aliphatic carbocycles. The molecule has 2 aliphatic rings. The van der Waals surface area contributed by atoms with E-state index in [4.69, 9.17) is 15.6 Å². The van der Waals surface area contributed by atoms with Crippen molar-refractivity contribution in [2.45, 2.75) is 43.8 Å². The number of guanidine groups is 1. The molecule has 9 heteroatoms. The quantitative estimate of drug-likeness (QED) is 0.463. The Morgan fingerprint density at radius 1 is 1.26 bits per heavy atom. The highest BCUT2D eigenvalue weighted by atomic mass is 32.1. The van der Waals surface area contributed by atoms with Crippen LogP contribution in [0.25, 0.3) is 0 Å². The van der Waals surface area contributed by atoms with E-state index in [1.54, 1.807) is 37.4 Å². The van der Waals surface area contributed by atoms with Gasteiger partial charge < -0.3 is 15.6 Å². The zero-order chi connectivity index (χ0) is 23.6. The lowest BCUT2D eigenvalue weighted by Gasteiger charge is -2.27. The summed E-state index contributed by atoms with van der Waals surface area (Å²) in [4.78, 5) is 19.4. The van der Waals surface area contributed by atoms with Crippen LogP contribution in [0.3, 0.4) is 0 Å². The molecule has 0 aromatic heterocycles. The van der Waals surface area contributed by atoms with E-state index in [0.29, 0.717) is 35.1 Å². The molecule has 1 atom stereocenters. The van der Waals surface area contributed by atoms with Crippen molar-refractivity contribution >= 4 is 25.4 Å². The fraction of sp³-hybridized carbons (Fsp3) is 0.360.